The zero-order valence-corrected chi connectivity index (χ0v) is 11.0. The molecule has 96 valence electrons. The topological polar surface area (TPSA) is 53.6 Å². The van der Waals surface area contributed by atoms with E-state index in [9.17, 15) is 0 Å². The molecule has 0 spiro atoms. The van der Waals surface area contributed by atoms with Crippen LogP contribution in [-0.4, -0.2) is 21.5 Å². The third-order valence-corrected chi connectivity index (χ3v) is 3.17. The Hall–Kier alpha value is -2.07. The Kier molecular flexibility index (Phi) is 3.33. The molecule has 0 aliphatic heterocycles. The monoisotopic (exact) mass is 272 g/mol. The van der Waals surface area contributed by atoms with Gasteiger partial charge in [0.1, 0.15) is 5.82 Å². The van der Waals surface area contributed by atoms with Crippen LogP contribution in [0.5, 0.6) is 0 Å². The van der Waals surface area contributed by atoms with Crippen molar-refractivity contribution in [3.05, 3.63) is 53.7 Å². The number of H-pyrrole nitrogens is 1. The fourth-order valence-corrected chi connectivity index (χ4v) is 2.19. The molecule has 2 heterocycles. The largest absolute Gasteiger partial charge is 0.384 e. The molecule has 2 N–H and O–H groups in total. The predicted octanol–water partition coefficient (Wildman–Crippen LogP) is 3.27. The Morgan fingerprint density at radius 2 is 2.11 bits per heavy atom. The molecule has 0 fully saturated rings. The number of hydrogen-bond acceptors (Lipinski definition) is 3. The summed E-state index contributed by atoms with van der Waals surface area (Å²) < 4.78 is 0. The van der Waals surface area contributed by atoms with Crippen LogP contribution < -0.4 is 5.32 Å². The number of fused-ring (bicyclic) bond motifs is 1. The minimum atomic E-state index is 0.702. The van der Waals surface area contributed by atoms with E-state index in [2.05, 4.69) is 20.3 Å². The molecule has 0 saturated heterocycles. The van der Waals surface area contributed by atoms with Crippen molar-refractivity contribution in [2.45, 2.75) is 6.42 Å². The SMILES string of the molecule is Clc1ccc2c(NCCc3ncc[nH]3)ccnc2c1. The summed E-state index contributed by atoms with van der Waals surface area (Å²) in [5.74, 6) is 0.980. The molecule has 0 saturated carbocycles. The van der Waals surface area contributed by atoms with Gasteiger partial charge in [0, 0.05) is 47.7 Å². The average Bonchev–Trinajstić information content (AvgIpc) is 2.92. The fourth-order valence-electron chi connectivity index (χ4n) is 2.03. The van der Waals surface area contributed by atoms with E-state index >= 15 is 0 Å². The van der Waals surface area contributed by atoms with Crippen LogP contribution in [0, 0.1) is 0 Å². The molecule has 19 heavy (non-hydrogen) atoms. The molecule has 0 unspecified atom stereocenters. The van der Waals surface area contributed by atoms with Gasteiger partial charge in [-0.1, -0.05) is 11.6 Å². The van der Waals surface area contributed by atoms with E-state index in [1.54, 1.807) is 12.4 Å². The number of pyridine rings is 1. The predicted molar refractivity (Wildman–Crippen MR) is 77.5 cm³/mol. The first kappa shape index (κ1) is 12.0. The molecule has 0 amide bonds. The van der Waals surface area contributed by atoms with Gasteiger partial charge >= 0.3 is 0 Å². The lowest BCUT2D eigenvalue weighted by Gasteiger charge is -2.08. The van der Waals surface area contributed by atoms with Crippen LogP contribution in [0.25, 0.3) is 10.9 Å². The van der Waals surface area contributed by atoms with Crippen molar-refractivity contribution >= 4 is 28.2 Å². The number of hydrogen-bond donors (Lipinski definition) is 2. The highest BCUT2D eigenvalue weighted by Crippen LogP contribution is 2.24. The van der Waals surface area contributed by atoms with Crippen LogP contribution in [-0.2, 0) is 6.42 Å². The lowest BCUT2D eigenvalue weighted by molar-refractivity contribution is 0.928. The quantitative estimate of drug-likeness (QED) is 0.766. The second kappa shape index (κ2) is 5.28. The maximum atomic E-state index is 5.97. The number of anilines is 1. The number of aromatic nitrogens is 3. The van der Waals surface area contributed by atoms with Gasteiger partial charge in [0.25, 0.3) is 0 Å². The Bertz CT molecular complexity index is 679. The first-order chi connectivity index (χ1) is 9.33. The Morgan fingerprint density at radius 1 is 1.16 bits per heavy atom. The number of halogens is 1. The standard InChI is InChI=1S/C14H13ClN4/c15-10-1-2-11-12(3-5-17-13(11)9-10)16-6-4-14-18-7-8-19-14/h1-3,5,7-9H,4,6H2,(H,16,17)(H,18,19). The molecule has 0 bridgehead atoms. The summed E-state index contributed by atoms with van der Waals surface area (Å²) in [7, 11) is 0. The highest BCUT2D eigenvalue weighted by molar-refractivity contribution is 6.31. The molecule has 5 heteroatoms. The van der Waals surface area contributed by atoms with Gasteiger partial charge in [-0.05, 0) is 24.3 Å². The van der Waals surface area contributed by atoms with Gasteiger partial charge in [-0.2, -0.15) is 0 Å². The summed E-state index contributed by atoms with van der Waals surface area (Å²) in [4.78, 5) is 11.6. The number of benzene rings is 1. The molecular weight excluding hydrogens is 260 g/mol. The number of imidazole rings is 1. The van der Waals surface area contributed by atoms with Crippen molar-refractivity contribution in [1.82, 2.24) is 15.0 Å². The lowest BCUT2D eigenvalue weighted by atomic mass is 10.2. The van der Waals surface area contributed by atoms with Crippen LogP contribution >= 0.6 is 11.6 Å². The maximum Gasteiger partial charge on any atom is 0.107 e. The van der Waals surface area contributed by atoms with Crippen LogP contribution in [0.1, 0.15) is 5.82 Å². The molecule has 3 rings (SSSR count). The summed E-state index contributed by atoms with van der Waals surface area (Å²) >= 11 is 5.97. The van der Waals surface area contributed by atoms with Gasteiger partial charge in [0.15, 0.2) is 0 Å². The summed E-state index contributed by atoms with van der Waals surface area (Å²) in [5, 5.41) is 5.18. The minimum absolute atomic E-state index is 0.702. The maximum absolute atomic E-state index is 5.97. The Morgan fingerprint density at radius 3 is 2.95 bits per heavy atom. The summed E-state index contributed by atoms with van der Waals surface area (Å²) in [6.07, 6.45) is 6.23. The normalized spacial score (nSPS) is 10.8. The number of aromatic amines is 1. The van der Waals surface area contributed by atoms with Crippen molar-refractivity contribution < 1.29 is 0 Å². The number of nitrogens with one attached hydrogen (secondary N) is 2. The second-order valence-corrected chi connectivity index (χ2v) is 4.67. The third kappa shape index (κ3) is 2.69. The fraction of sp³-hybridized carbons (Fsp3) is 0.143. The summed E-state index contributed by atoms with van der Waals surface area (Å²) in [6.45, 7) is 0.815. The van der Waals surface area contributed by atoms with Crippen LogP contribution in [0.4, 0.5) is 5.69 Å². The van der Waals surface area contributed by atoms with Crippen molar-refractivity contribution in [3.63, 3.8) is 0 Å². The van der Waals surface area contributed by atoms with E-state index in [1.165, 1.54) is 0 Å². The van der Waals surface area contributed by atoms with Crippen LogP contribution in [0.2, 0.25) is 5.02 Å². The first-order valence-electron chi connectivity index (χ1n) is 6.09. The highest BCUT2D eigenvalue weighted by atomic mass is 35.5. The molecule has 0 radical (unpaired) electrons. The Labute approximate surface area is 115 Å². The molecule has 4 nitrogen and oxygen atoms in total. The minimum Gasteiger partial charge on any atom is -0.384 e. The molecule has 0 aliphatic rings. The summed E-state index contributed by atoms with van der Waals surface area (Å²) in [6, 6.07) is 7.70. The smallest absolute Gasteiger partial charge is 0.107 e. The van der Waals surface area contributed by atoms with Crippen LogP contribution in [0.15, 0.2) is 42.9 Å². The average molecular weight is 273 g/mol. The third-order valence-electron chi connectivity index (χ3n) is 2.94. The molecule has 1 aromatic carbocycles. The lowest BCUT2D eigenvalue weighted by Crippen LogP contribution is -2.06. The number of rotatable bonds is 4. The van der Waals surface area contributed by atoms with Gasteiger partial charge < -0.3 is 10.3 Å². The van der Waals surface area contributed by atoms with E-state index in [0.717, 1.165) is 35.4 Å². The van der Waals surface area contributed by atoms with Gasteiger partial charge in [-0.25, -0.2) is 4.98 Å². The van der Waals surface area contributed by atoms with E-state index in [1.807, 2.05) is 30.5 Å². The van der Waals surface area contributed by atoms with E-state index in [4.69, 9.17) is 11.6 Å². The second-order valence-electron chi connectivity index (χ2n) is 4.23. The summed E-state index contributed by atoms with van der Waals surface area (Å²) in [5.41, 5.74) is 1.96. The molecule has 2 aromatic heterocycles. The van der Waals surface area contributed by atoms with Gasteiger partial charge in [0.05, 0.1) is 5.52 Å². The van der Waals surface area contributed by atoms with Crippen LogP contribution in [0.3, 0.4) is 0 Å². The number of nitrogens with zero attached hydrogens (tertiary/aromatic N) is 2. The van der Waals surface area contributed by atoms with Gasteiger partial charge in [-0.3, -0.25) is 4.98 Å². The molecule has 3 aromatic rings. The van der Waals surface area contributed by atoms with Crippen molar-refractivity contribution in [3.8, 4) is 0 Å². The zero-order valence-electron chi connectivity index (χ0n) is 10.2. The van der Waals surface area contributed by atoms with E-state index < -0.39 is 0 Å². The zero-order chi connectivity index (χ0) is 13.1. The van der Waals surface area contributed by atoms with E-state index in [-0.39, 0.29) is 0 Å². The molecular formula is C14H13ClN4. The molecule has 0 atom stereocenters. The van der Waals surface area contributed by atoms with Gasteiger partial charge in [0.2, 0.25) is 0 Å². The van der Waals surface area contributed by atoms with Crippen molar-refractivity contribution in [2.75, 3.05) is 11.9 Å². The molecule has 0 aliphatic carbocycles. The van der Waals surface area contributed by atoms with E-state index in [0.29, 0.717) is 5.02 Å². The highest BCUT2D eigenvalue weighted by Gasteiger charge is 2.02. The first-order valence-corrected chi connectivity index (χ1v) is 6.47. The Balaban J connectivity index is 1.77. The van der Waals surface area contributed by atoms with Crippen molar-refractivity contribution in [1.29, 1.82) is 0 Å². The van der Waals surface area contributed by atoms with Crippen molar-refractivity contribution in [2.24, 2.45) is 0 Å². The van der Waals surface area contributed by atoms with Gasteiger partial charge in [-0.15, -0.1) is 0 Å².